The smallest absolute Gasteiger partial charge is 0.264 e. The molecule has 3 rings (SSSR count). The van der Waals surface area contributed by atoms with E-state index >= 15 is 0 Å². The Hall–Kier alpha value is -2.39. The molecule has 1 amide bonds. The number of nitrogens with zero attached hydrogens (tertiary/aromatic N) is 1. The first kappa shape index (κ1) is 27.2. The van der Waals surface area contributed by atoms with E-state index in [2.05, 4.69) is 5.32 Å². The quantitative estimate of drug-likeness (QED) is 0.315. The Morgan fingerprint density at radius 2 is 1.80 bits per heavy atom. The molecule has 0 bridgehead atoms. The number of carbonyl (C=O) groups is 1. The maximum absolute atomic E-state index is 13.5. The molecule has 0 aliphatic rings. The number of sulfonamides is 1. The molecule has 6 nitrogen and oxygen atoms in total. The molecule has 0 aromatic heterocycles. The van der Waals surface area contributed by atoms with Crippen molar-refractivity contribution < 1.29 is 17.9 Å². The highest BCUT2D eigenvalue weighted by Crippen LogP contribution is 2.27. The number of ether oxygens (including phenoxy) is 1. The van der Waals surface area contributed by atoms with E-state index in [1.165, 1.54) is 13.2 Å². The molecule has 0 aliphatic heterocycles. The van der Waals surface area contributed by atoms with Crippen LogP contribution in [-0.4, -0.2) is 40.3 Å². The largest absolute Gasteiger partial charge is 0.496 e. The lowest BCUT2D eigenvalue weighted by molar-refractivity contribution is -0.119. The molecule has 0 fully saturated rings. The molecule has 35 heavy (non-hydrogen) atoms. The third-order valence-corrected chi connectivity index (χ3v) is 8.49. The molecule has 3 aromatic carbocycles. The van der Waals surface area contributed by atoms with Gasteiger partial charge < -0.3 is 10.1 Å². The molecular weight excluding hydrogens is 527 g/mol. The maximum Gasteiger partial charge on any atom is 0.264 e. The molecule has 0 heterocycles. The molecule has 1 N–H and O–H groups in total. The van der Waals surface area contributed by atoms with Gasteiger partial charge in [0.15, 0.2) is 0 Å². The van der Waals surface area contributed by atoms with Crippen molar-refractivity contribution in [2.45, 2.75) is 17.6 Å². The van der Waals surface area contributed by atoms with E-state index in [1.807, 2.05) is 6.07 Å². The summed E-state index contributed by atoms with van der Waals surface area (Å²) in [5.74, 6) is 1.51. The Morgan fingerprint density at radius 1 is 1.06 bits per heavy atom. The molecule has 186 valence electrons. The summed E-state index contributed by atoms with van der Waals surface area (Å²) in [7, 11) is -2.46. The van der Waals surface area contributed by atoms with E-state index < -0.39 is 15.9 Å². The van der Waals surface area contributed by atoms with Crippen molar-refractivity contribution >= 4 is 56.6 Å². The van der Waals surface area contributed by atoms with Gasteiger partial charge in [0.1, 0.15) is 12.3 Å². The van der Waals surface area contributed by atoms with E-state index in [9.17, 15) is 13.2 Å². The van der Waals surface area contributed by atoms with Crippen molar-refractivity contribution in [3.05, 3.63) is 87.9 Å². The SMILES string of the molecule is COc1ccc(S(=O)(=O)N(CC(=O)NCCSCc2ccc(Cl)cc2Cl)c2ccccc2)cc1C. The van der Waals surface area contributed by atoms with Crippen LogP contribution in [0, 0.1) is 6.92 Å². The minimum Gasteiger partial charge on any atom is -0.496 e. The van der Waals surface area contributed by atoms with Crippen molar-refractivity contribution in [1.29, 1.82) is 0 Å². The highest BCUT2D eigenvalue weighted by atomic mass is 35.5. The number of thioether (sulfide) groups is 1. The summed E-state index contributed by atoms with van der Waals surface area (Å²) in [6, 6.07) is 18.6. The predicted molar refractivity (Wildman–Crippen MR) is 144 cm³/mol. The first-order valence-corrected chi connectivity index (χ1v) is 14.1. The molecule has 3 aromatic rings. The van der Waals surface area contributed by atoms with Gasteiger partial charge >= 0.3 is 0 Å². The fraction of sp³-hybridized carbons (Fsp3) is 0.240. The number of halogens is 2. The number of rotatable bonds is 11. The fourth-order valence-electron chi connectivity index (χ4n) is 3.32. The highest BCUT2D eigenvalue weighted by molar-refractivity contribution is 7.98. The monoisotopic (exact) mass is 552 g/mol. The standard InChI is InChI=1S/C25H26Cl2N2O4S2/c1-18-14-22(10-11-24(18)33-2)35(31,32)29(21-6-4-3-5-7-21)16-25(30)28-12-13-34-17-19-8-9-20(26)15-23(19)27/h3-11,14-15H,12-13,16-17H2,1-2H3,(H,28,30). The van der Waals surface area contributed by atoms with Gasteiger partial charge in [-0.15, -0.1) is 0 Å². The lowest BCUT2D eigenvalue weighted by Gasteiger charge is -2.24. The number of hydrogen-bond donors (Lipinski definition) is 1. The van der Waals surface area contributed by atoms with Gasteiger partial charge in [-0.3, -0.25) is 9.10 Å². The second-order valence-electron chi connectivity index (χ2n) is 7.62. The van der Waals surface area contributed by atoms with Crippen LogP contribution in [-0.2, 0) is 20.6 Å². The lowest BCUT2D eigenvalue weighted by Crippen LogP contribution is -2.41. The number of para-hydroxylation sites is 1. The zero-order valence-corrected chi connectivity index (χ0v) is 22.5. The Labute approximate surface area is 220 Å². The number of methoxy groups -OCH3 is 1. The van der Waals surface area contributed by atoms with E-state index in [0.717, 1.165) is 9.87 Å². The summed E-state index contributed by atoms with van der Waals surface area (Å²) in [5.41, 5.74) is 2.05. The zero-order valence-electron chi connectivity index (χ0n) is 19.3. The average molecular weight is 554 g/mol. The normalized spacial score (nSPS) is 11.2. The summed E-state index contributed by atoms with van der Waals surface area (Å²) >= 11 is 13.7. The fourth-order valence-corrected chi connectivity index (χ4v) is 6.24. The minimum atomic E-state index is -3.99. The summed E-state index contributed by atoms with van der Waals surface area (Å²) in [6.07, 6.45) is 0. The van der Waals surface area contributed by atoms with Crippen LogP contribution >= 0.6 is 35.0 Å². The third-order valence-electron chi connectivity index (χ3n) is 5.13. The predicted octanol–water partition coefficient (Wildman–Crippen LogP) is 5.56. The second kappa shape index (κ2) is 12.5. The zero-order chi connectivity index (χ0) is 25.4. The van der Waals surface area contributed by atoms with Crippen LogP contribution in [0.2, 0.25) is 10.0 Å². The Kier molecular flexibility index (Phi) is 9.74. The Morgan fingerprint density at radius 3 is 2.46 bits per heavy atom. The van der Waals surface area contributed by atoms with Crippen molar-refractivity contribution in [2.75, 3.05) is 30.3 Å². The number of hydrogen-bond acceptors (Lipinski definition) is 5. The molecule has 0 unspecified atom stereocenters. The van der Waals surface area contributed by atoms with E-state index in [1.54, 1.807) is 73.3 Å². The Balaban J connectivity index is 1.65. The van der Waals surface area contributed by atoms with Crippen LogP contribution < -0.4 is 14.4 Å². The van der Waals surface area contributed by atoms with Crippen molar-refractivity contribution in [1.82, 2.24) is 5.32 Å². The third kappa shape index (κ3) is 7.30. The topological polar surface area (TPSA) is 75.7 Å². The van der Waals surface area contributed by atoms with Crippen molar-refractivity contribution in [3.8, 4) is 5.75 Å². The van der Waals surface area contributed by atoms with E-state index in [0.29, 0.717) is 45.1 Å². The van der Waals surface area contributed by atoms with E-state index in [-0.39, 0.29) is 11.4 Å². The lowest BCUT2D eigenvalue weighted by atomic mass is 10.2. The van der Waals surface area contributed by atoms with Gasteiger partial charge in [0.05, 0.1) is 17.7 Å². The molecule has 0 aliphatic carbocycles. The number of nitrogens with one attached hydrogen (secondary N) is 1. The summed E-state index contributed by atoms with van der Waals surface area (Å²) in [5, 5.41) is 3.99. The molecule has 0 atom stereocenters. The first-order chi connectivity index (χ1) is 16.7. The molecule has 0 radical (unpaired) electrons. The second-order valence-corrected chi connectivity index (χ2v) is 11.4. The van der Waals surface area contributed by atoms with Gasteiger partial charge in [-0.1, -0.05) is 47.5 Å². The summed E-state index contributed by atoms with van der Waals surface area (Å²) in [6.45, 7) is 1.82. The van der Waals surface area contributed by atoms with Crippen LogP contribution in [0.25, 0.3) is 0 Å². The molecule has 0 saturated heterocycles. The summed E-state index contributed by atoms with van der Waals surface area (Å²) < 4.78 is 33.3. The summed E-state index contributed by atoms with van der Waals surface area (Å²) in [4.78, 5) is 12.8. The molecule has 0 spiro atoms. The van der Waals surface area contributed by atoms with Gasteiger partial charge in [-0.05, 0) is 60.5 Å². The maximum atomic E-state index is 13.5. The number of anilines is 1. The van der Waals surface area contributed by atoms with Crippen LogP contribution in [0.1, 0.15) is 11.1 Å². The van der Waals surface area contributed by atoms with Gasteiger partial charge in [0, 0.05) is 28.1 Å². The van der Waals surface area contributed by atoms with Gasteiger partial charge in [-0.25, -0.2) is 8.42 Å². The van der Waals surface area contributed by atoms with Gasteiger partial charge in [0.25, 0.3) is 10.0 Å². The number of aryl methyl sites for hydroxylation is 1. The molecule has 10 heteroatoms. The minimum absolute atomic E-state index is 0.0860. The number of amides is 1. The van der Waals surface area contributed by atoms with Crippen molar-refractivity contribution in [3.63, 3.8) is 0 Å². The van der Waals surface area contributed by atoms with E-state index in [4.69, 9.17) is 27.9 Å². The van der Waals surface area contributed by atoms with Crippen LogP contribution in [0.15, 0.2) is 71.6 Å². The molecule has 0 saturated carbocycles. The van der Waals surface area contributed by atoms with Gasteiger partial charge in [0.2, 0.25) is 5.91 Å². The molecular formula is C25H26Cl2N2O4S2. The van der Waals surface area contributed by atoms with Crippen LogP contribution in [0.5, 0.6) is 5.75 Å². The van der Waals surface area contributed by atoms with Crippen molar-refractivity contribution in [2.24, 2.45) is 0 Å². The highest BCUT2D eigenvalue weighted by Gasteiger charge is 2.27. The number of carbonyl (C=O) groups excluding carboxylic acids is 1. The first-order valence-electron chi connectivity index (χ1n) is 10.7. The van der Waals surface area contributed by atoms with Crippen LogP contribution in [0.4, 0.5) is 5.69 Å². The number of benzene rings is 3. The van der Waals surface area contributed by atoms with Gasteiger partial charge in [-0.2, -0.15) is 11.8 Å². The average Bonchev–Trinajstić information content (AvgIpc) is 2.84. The Bertz CT molecular complexity index is 1270. The van der Waals surface area contributed by atoms with Crippen LogP contribution in [0.3, 0.4) is 0 Å².